The van der Waals surface area contributed by atoms with Gasteiger partial charge in [-0.25, -0.2) is 9.98 Å². The molecule has 2 atom stereocenters. The topological polar surface area (TPSA) is 180 Å². The molecule has 8 N–H and O–H groups in total. The number of carbonyl (C=O) groups excluding carboxylic acids is 2. The van der Waals surface area contributed by atoms with Gasteiger partial charge in [0.15, 0.2) is 22.9 Å². The molecule has 0 saturated heterocycles. The van der Waals surface area contributed by atoms with Gasteiger partial charge in [0.25, 0.3) is 11.3 Å². The van der Waals surface area contributed by atoms with Crippen LogP contribution in [0.5, 0.6) is 0 Å². The number of ketones is 2. The summed E-state index contributed by atoms with van der Waals surface area (Å²) in [5, 5.41) is 65.3. The van der Waals surface area contributed by atoms with E-state index in [1.807, 2.05) is 48.5 Å². The SMILES string of the molecule is O=C1C(c2ccc3cccc4c3c2NC2(N4)c3ccccc3-c3ccc(-c4ccc(-c5ccc6c(c5)C5(Nc7cccc8cc/c(=C9\C(=O)C(c%10ccc%11cccc%12c%11c%10NC%10(N%12)c%11ccccc%11-c%11ccccc%11%10)=C9[O-])c(c78)=[NH+]5)c5ccccc5-6)cc4)cc32)=C([O-])/C1=c1/ccc2cccc3c2c1=[NH+]C1(N3)c2ccccc2-c2ccccc21. The summed E-state index contributed by atoms with van der Waals surface area (Å²) < 4.78 is 0. The number of fused-ring (bicyclic) bond motifs is 20. The molecule has 0 aromatic heterocycles. The minimum Gasteiger partial charge on any atom is -0.871 e. The van der Waals surface area contributed by atoms with Crippen molar-refractivity contribution in [3.8, 4) is 66.8 Å². The van der Waals surface area contributed by atoms with Crippen LogP contribution in [0.25, 0.3) is 132 Å². The van der Waals surface area contributed by atoms with Crippen molar-refractivity contribution < 1.29 is 29.8 Å². The Labute approximate surface area is 673 Å². The van der Waals surface area contributed by atoms with Crippen molar-refractivity contribution in [3.63, 3.8) is 0 Å². The lowest BCUT2D eigenvalue weighted by molar-refractivity contribution is -0.579. The Hall–Kier alpha value is -15.7. The Kier molecular flexibility index (Phi) is 12.0. The summed E-state index contributed by atoms with van der Waals surface area (Å²) in [6.45, 7) is 0. The molecule has 0 radical (unpaired) electrons. The van der Waals surface area contributed by atoms with Crippen molar-refractivity contribution in [1.29, 1.82) is 0 Å². The minimum absolute atomic E-state index is 0.152. The third-order valence-corrected chi connectivity index (χ3v) is 27.2. The van der Waals surface area contributed by atoms with E-state index in [0.717, 1.165) is 188 Å². The molecule has 0 bridgehead atoms. The van der Waals surface area contributed by atoms with Crippen LogP contribution in [-0.2, 0) is 32.2 Å². The van der Waals surface area contributed by atoms with Crippen molar-refractivity contribution in [1.82, 2.24) is 0 Å². The molecule has 4 spiro atoms. The lowest BCUT2D eigenvalue weighted by Gasteiger charge is -2.42. The van der Waals surface area contributed by atoms with E-state index in [1.54, 1.807) is 0 Å². The number of carbonyl (C=O) groups is 2. The predicted molar refractivity (Wildman–Crippen MR) is 462 cm³/mol. The van der Waals surface area contributed by atoms with Crippen LogP contribution in [0.4, 0.5) is 34.1 Å². The highest BCUT2D eigenvalue weighted by atomic mass is 16.3. The van der Waals surface area contributed by atoms with E-state index in [1.165, 1.54) is 0 Å². The maximum absolute atomic E-state index is 15.6. The van der Waals surface area contributed by atoms with Gasteiger partial charge < -0.3 is 42.1 Å². The number of hydrogen-bond donors (Lipinski definition) is 8. The summed E-state index contributed by atoms with van der Waals surface area (Å²) in [7, 11) is 0. The first-order valence-corrected chi connectivity index (χ1v) is 40.2. The van der Waals surface area contributed by atoms with E-state index in [-0.39, 0.29) is 45.4 Å². The van der Waals surface area contributed by atoms with E-state index in [2.05, 4.69) is 321 Å². The summed E-state index contributed by atoms with van der Waals surface area (Å²) in [6, 6.07) is 114. The molecule has 17 aromatic rings. The number of nitrogens with one attached hydrogen (secondary N) is 8. The molecule has 550 valence electrons. The first kappa shape index (κ1) is 63.8. The largest absolute Gasteiger partial charge is 0.871 e. The van der Waals surface area contributed by atoms with Gasteiger partial charge in [0.2, 0.25) is 10.7 Å². The number of allylic oxidation sites excluding steroid dienone is 4. The average Bonchev–Trinajstić information content (AvgIpc) is 1.17. The van der Waals surface area contributed by atoms with Gasteiger partial charge >= 0.3 is 0 Å². The number of Topliss-reactive ketones (excluding diaryl/α,β-unsaturated/α-hetero) is 2. The molecule has 12 heteroatoms. The second kappa shape index (κ2) is 22.2. The standard InChI is InChI=1S/C106H62N8O4/c115-99-91(71-49-41-57-17-13-33-83-87(57)95(71)111-103(107-83)75-27-7-1-21-63(75)64-22-2-8-28-76(64)103)100(116)93(99)73-51-43-59-19-15-35-85-89(59)97(73)113-105(109-85)79-31-11-5-25-67(79)69-47-45-61(53-81(69)105)55-37-39-56(40-38-55)62-46-48-70-68-26-6-12-32-80(68)106(82(70)54-62)110-86-36-16-20-60-44-52-74(98(114-106)90(60)86)94-101(117)92(102(94)118)72-50-42-58-18-14-34-84-88(58)96(72)112-104(108-84)77-29-9-3-23-65(77)66-24-4-10-30-78(66)104/h1-54,107-111,114-115,117H/b92-72+,93-73+. The Morgan fingerprint density at radius 2 is 0.542 bits per heavy atom. The van der Waals surface area contributed by atoms with Crippen LogP contribution < -0.4 is 73.3 Å². The van der Waals surface area contributed by atoms with Crippen LogP contribution in [0.2, 0.25) is 0 Å². The Bertz CT molecular complexity index is 8030. The van der Waals surface area contributed by atoms with Gasteiger partial charge in [-0.3, -0.25) is 9.59 Å². The predicted octanol–water partition coefficient (Wildman–Crippen LogP) is 14.1. The van der Waals surface area contributed by atoms with E-state index in [0.29, 0.717) is 32.6 Å². The fourth-order valence-electron chi connectivity index (χ4n) is 22.1. The Balaban J connectivity index is 0.557. The molecule has 4 aliphatic heterocycles. The van der Waals surface area contributed by atoms with Crippen LogP contribution in [0.1, 0.15) is 55.6 Å². The molecule has 12 nitrogen and oxygen atoms in total. The number of rotatable bonds is 4. The van der Waals surface area contributed by atoms with E-state index in [4.69, 9.17) is 0 Å². The van der Waals surface area contributed by atoms with Crippen LogP contribution >= 0.6 is 0 Å². The molecule has 10 aliphatic rings. The fraction of sp³-hybridized carbons (Fsp3) is 0.0377. The monoisotopic (exact) mass is 1510 g/mol. The second-order valence-electron chi connectivity index (χ2n) is 32.8. The van der Waals surface area contributed by atoms with Crippen molar-refractivity contribution in [2.75, 3.05) is 31.9 Å². The van der Waals surface area contributed by atoms with Gasteiger partial charge in [0.05, 0.1) is 66.2 Å². The summed E-state index contributed by atoms with van der Waals surface area (Å²) in [5.74, 6) is -1.20. The second-order valence-corrected chi connectivity index (χ2v) is 32.8. The van der Waals surface area contributed by atoms with E-state index < -0.39 is 22.7 Å². The van der Waals surface area contributed by atoms with Gasteiger partial charge in [0.1, 0.15) is 0 Å². The zero-order chi connectivity index (χ0) is 77.6. The Morgan fingerprint density at radius 3 is 0.949 bits per heavy atom. The maximum atomic E-state index is 15.6. The molecule has 6 aliphatic carbocycles. The number of anilines is 6. The minimum atomic E-state index is -1.04. The number of hydrogen-bond acceptors (Lipinski definition) is 10. The molecule has 2 unspecified atom stereocenters. The normalized spacial score (nSPS) is 19.2. The average molecular weight is 1510 g/mol. The first-order chi connectivity index (χ1) is 58.0. The molecule has 0 amide bonds. The quantitative estimate of drug-likeness (QED) is 0.0845. The maximum Gasteiger partial charge on any atom is 0.289 e. The summed E-state index contributed by atoms with van der Waals surface area (Å²) in [5.41, 5.74) is 24.1. The van der Waals surface area contributed by atoms with Crippen LogP contribution in [0.3, 0.4) is 0 Å². The Morgan fingerprint density at radius 1 is 0.237 bits per heavy atom. The van der Waals surface area contributed by atoms with Gasteiger partial charge in [0, 0.05) is 77.8 Å². The van der Waals surface area contributed by atoms with Crippen molar-refractivity contribution in [2.45, 2.75) is 22.7 Å². The van der Waals surface area contributed by atoms with Gasteiger partial charge in [-0.05, 0) is 155 Å². The smallest absolute Gasteiger partial charge is 0.289 e. The van der Waals surface area contributed by atoms with Crippen LogP contribution in [0.15, 0.2) is 339 Å². The summed E-state index contributed by atoms with van der Waals surface area (Å²) >= 11 is 0. The van der Waals surface area contributed by atoms with Gasteiger partial charge in [-0.15, -0.1) is 0 Å². The van der Waals surface area contributed by atoms with E-state index >= 15 is 19.8 Å². The molecule has 0 fully saturated rings. The molecule has 4 heterocycles. The molecule has 118 heavy (non-hydrogen) atoms. The first-order valence-electron chi connectivity index (χ1n) is 40.2. The van der Waals surface area contributed by atoms with Crippen LogP contribution in [0, 0.1) is 0 Å². The van der Waals surface area contributed by atoms with Crippen molar-refractivity contribution >= 4 is 111 Å². The molecular formula is C106H62N8O4. The third kappa shape index (κ3) is 7.89. The van der Waals surface area contributed by atoms with Gasteiger partial charge in [-0.1, -0.05) is 272 Å². The fourth-order valence-corrected chi connectivity index (χ4v) is 22.1. The van der Waals surface area contributed by atoms with Gasteiger partial charge in [-0.2, -0.15) is 0 Å². The molecular weight excluding hydrogens is 1450 g/mol. The number of benzene rings is 17. The molecule has 17 aromatic carbocycles. The molecule has 27 rings (SSSR count). The lowest BCUT2D eigenvalue weighted by atomic mass is 9.79. The highest BCUT2D eigenvalue weighted by molar-refractivity contribution is 6.53. The summed E-state index contributed by atoms with van der Waals surface area (Å²) in [4.78, 5) is 39.2. The van der Waals surface area contributed by atoms with Crippen LogP contribution in [-0.4, -0.2) is 11.6 Å². The highest BCUT2D eigenvalue weighted by Gasteiger charge is 2.55. The zero-order valence-corrected chi connectivity index (χ0v) is 62.8. The highest BCUT2D eigenvalue weighted by Crippen LogP contribution is 2.59. The third-order valence-electron chi connectivity index (χ3n) is 27.2. The van der Waals surface area contributed by atoms with E-state index in [9.17, 15) is 0 Å². The lowest BCUT2D eigenvalue weighted by Crippen LogP contribution is -2.93. The zero-order valence-electron chi connectivity index (χ0n) is 62.8. The van der Waals surface area contributed by atoms with Crippen molar-refractivity contribution in [2.24, 2.45) is 0 Å². The summed E-state index contributed by atoms with van der Waals surface area (Å²) in [6.07, 6.45) is 0. The molecule has 0 saturated carbocycles. The van der Waals surface area contributed by atoms with Crippen molar-refractivity contribution in [3.05, 3.63) is 416 Å².